The lowest BCUT2D eigenvalue weighted by atomic mass is 10.2. The third kappa shape index (κ3) is 1.52. The Labute approximate surface area is 54.2 Å². The second-order valence-corrected chi connectivity index (χ2v) is 2.12. The SMILES string of the molecule is CCCC1C=NC(=O)N1. The molecule has 0 fully saturated rings. The van der Waals surface area contributed by atoms with E-state index >= 15 is 0 Å². The molecule has 1 aliphatic rings. The van der Waals surface area contributed by atoms with Gasteiger partial charge in [-0.05, 0) is 6.42 Å². The molecular weight excluding hydrogens is 116 g/mol. The van der Waals surface area contributed by atoms with Crippen LogP contribution in [0, 0.1) is 0 Å². The maximum absolute atomic E-state index is 10.4. The van der Waals surface area contributed by atoms with Gasteiger partial charge in [0.2, 0.25) is 0 Å². The van der Waals surface area contributed by atoms with Crippen LogP contribution in [0.1, 0.15) is 19.8 Å². The van der Waals surface area contributed by atoms with Crippen LogP contribution in [0.3, 0.4) is 0 Å². The van der Waals surface area contributed by atoms with Gasteiger partial charge in [0.1, 0.15) is 0 Å². The highest BCUT2D eigenvalue weighted by molar-refractivity contribution is 5.92. The van der Waals surface area contributed by atoms with Crippen molar-refractivity contribution in [2.75, 3.05) is 0 Å². The molecule has 50 valence electrons. The van der Waals surface area contributed by atoms with Gasteiger partial charge < -0.3 is 5.32 Å². The van der Waals surface area contributed by atoms with E-state index in [0.717, 1.165) is 12.8 Å². The second-order valence-electron chi connectivity index (χ2n) is 2.12. The maximum atomic E-state index is 10.4. The van der Waals surface area contributed by atoms with Crippen molar-refractivity contribution in [3.05, 3.63) is 0 Å². The topological polar surface area (TPSA) is 41.5 Å². The van der Waals surface area contributed by atoms with Gasteiger partial charge >= 0.3 is 6.03 Å². The highest BCUT2D eigenvalue weighted by atomic mass is 16.2. The molecule has 3 nitrogen and oxygen atoms in total. The Hall–Kier alpha value is -0.860. The summed E-state index contributed by atoms with van der Waals surface area (Å²) in [5, 5.41) is 2.69. The predicted molar refractivity (Wildman–Crippen MR) is 35.7 cm³/mol. The average molecular weight is 126 g/mol. The van der Waals surface area contributed by atoms with E-state index < -0.39 is 0 Å². The number of nitrogens with one attached hydrogen (secondary N) is 1. The first-order chi connectivity index (χ1) is 4.33. The van der Waals surface area contributed by atoms with Crippen LogP contribution in [0.25, 0.3) is 0 Å². The normalized spacial score (nSPS) is 24.6. The highest BCUT2D eigenvalue weighted by Gasteiger charge is 2.13. The van der Waals surface area contributed by atoms with Crippen molar-refractivity contribution in [1.82, 2.24) is 5.32 Å². The van der Waals surface area contributed by atoms with Crippen LogP contribution in [-0.2, 0) is 0 Å². The second kappa shape index (κ2) is 2.62. The van der Waals surface area contributed by atoms with Crippen LogP contribution in [0.15, 0.2) is 4.99 Å². The quantitative estimate of drug-likeness (QED) is 0.588. The van der Waals surface area contributed by atoms with Crippen molar-refractivity contribution in [1.29, 1.82) is 0 Å². The maximum Gasteiger partial charge on any atom is 0.341 e. The summed E-state index contributed by atoms with van der Waals surface area (Å²) in [7, 11) is 0. The first kappa shape index (κ1) is 6.26. The van der Waals surface area contributed by atoms with Crippen LogP contribution in [0.2, 0.25) is 0 Å². The third-order valence-corrected chi connectivity index (χ3v) is 1.28. The van der Waals surface area contributed by atoms with E-state index in [1.807, 2.05) is 0 Å². The van der Waals surface area contributed by atoms with Gasteiger partial charge in [0, 0.05) is 6.21 Å². The molecule has 1 rings (SSSR count). The molecule has 1 unspecified atom stereocenters. The van der Waals surface area contributed by atoms with Crippen molar-refractivity contribution in [2.45, 2.75) is 25.8 Å². The first-order valence-electron chi connectivity index (χ1n) is 3.17. The molecule has 0 radical (unpaired) electrons. The number of urea groups is 1. The number of aliphatic imine (C=N–C) groups is 1. The zero-order valence-corrected chi connectivity index (χ0v) is 5.42. The van der Waals surface area contributed by atoms with Crippen LogP contribution in [0.4, 0.5) is 4.79 Å². The van der Waals surface area contributed by atoms with E-state index in [4.69, 9.17) is 0 Å². The summed E-state index contributed by atoms with van der Waals surface area (Å²) in [6.45, 7) is 2.08. The summed E-state index contributed by atoms with van der Waals surface area (Å²) in [4.78, 5) is 14.0. The number of hydrogen-bond acceptors (Lipinski definition) is 1. The third-order valence-electron chi connectivity index (χ3n) is 1.28. The summed E-state index contributed by atoms with van der Waals surface area (Å²) < 4.78 is 0. The predicted octanol–water partition coefficient (Wildman–Crippen LogP) is 0.949. The minimum Gasteiger partial charge on any atom is -0.329 e. The van der Waals surface area contributed by atoms with Crippen molar-refractivity contribution in [3.8, 4) is 0 Å². The van der Waals surface area contributed by atoms with Gasteiger partial charge in [0.15, 0.2) is 0 Å². The van der Waals surface area contributed by atoms with Crippen LogP contribution in [0.5, 0.6) is 0 Å². The molecule has 0 aromatic rings. The minimum absolute atomic E-state index is 0.197. The van der Waals surface area contributed by atoms with E-state index in [1.54, 1.807) is 6.21 Å². The zero-order valence-electron chi connectivity index (χ0n) is 5.42. The summed E-state index contributed by atoms with van der Waals surface area (Å²) >= 11 is 0. The molecule has 3 heteroatoms. The molecule has 1 aliphatic heterocycles. The highest BCUT2D eigenvalue weighted by Crippen LogP contribution is 1.98. The molecular formula is C6H10N2O. The van der Waals surface area contributed by atoms with Crippen LogP contribution < -0.4 is 5.32 Å². The molecule has 0 aliphatic carbocycles. The van der Waals surface area contributed by atoms with Gasteiger partial charge in [-0.3, -0.25) is 0 Å². The largest absolute Gasteiger partial charge is 0.341 e. The van der Waals surface area contributed by atoms with E-state index in [1.165, 1.54) is 0 Å². The van der Waals surface area contributed by atoms with Crippen molar-refractivity contribution in [2.24, 2.45) is 4.99 Å². The number of hydrogen-bond donors (Lipinski definition) is 1. The molecule has 0 saturated heterocycles. The lowest BCUT2D eigenvalue weighted by molar-refractivity contribution is 0.250. The Balaban J connectivity index is 2.32. The fourth-order valence-electron chi connectivity index (χ4n) is 0.849. The Morgan fingerprint density at radius 1 is 1.89 bits per heavy atom. The van der Waals surface area contributed by atoms with Crippen molar-refractivity contribution in [3.63, 3.8) is 0 Å². The van der Waals surface area contributed by atoms with Gasteiger partial charge in [0.25, 0.3) is 0 Å². The smallest absolute Gasteiger partial charge is 0.329 e. The van der Waals surface area contributed by atoms with Gasteiger partial charge in [-0.25, -0.2) is 9.79 Å². The molecule has 2 amide bonds. The zero-order chi connectivity index (χ0) is 6.69. The fourth-order valence-corrected chi connectivity index (χ4v) is 0.849. The molecule has 0 bridgehead atoms. The number of carbonyl (C=O) groups excluding carboxylic acids is 1. The summed E-state index contributed by atoms with van der Waals surface area (Å²) in [6, 6.07) is -0.00375. The van der Waals surface area contributed by atoms with E-state index in [2.05, 4.69) is 17.2 Å². The van der Waals surface area contributed by atoms with Crippen molar-refractivity contribution >= 4 is 12.2 Å². The molecule has 9 heavy (non-hydrogen) atoms. The Kier molecular flexibility index (Phi) is 1.82. The standard InChI is InChI=1S/C6H10N2O/c1-2-3-5-4-7-6(9)8-5/h4-5H,2-3H2,1H3,(H,8,9). The number of carbonyl (C=O) groups is 1. The van der Waals surface area contributed by atoms with E-state index in [9.17, 15) is 4.79 Å². The average Bonchev–Trinajstić information content (AvgIpc) is 2.17. The first-order valence-corrected chi connectivity index (χ1v) is 3.17. The Bertz CT molecular complexity index is 142. The minimum atomic E-state index is -0.201. The molecule has 0 spiro atoms. The van der Waals surface area contributed by atoms with E-state index in [0.29, 0.717) is 0 Å². The summed E-state index contributed by atoms with van der Waals surface area (Å²) in [5.74, 6) is 0. The molecule has 1 heterocycles. The number of nitrogens with zero attached hydrogens (tertiary/aromatic N) is 1. The van der Waals surface area contributed by atoms with Gasteiger partial charge in [-0.15, -0.1) is 0 Å². The number of rotatable bonds is 2. The molecule has 1 N–H and O–H groups in total. The van der Waals surface area contributed by atoms with Crippen LogP contribution >= 0.6 is 0 Å². The Morgan fingerprint density at radius 2 is 2.67 bits per heavy atom. The molecule has 0 saturated carbocycles. The van der Waals surface area contributed by atoms with Gasteiger partial charge in [-0.1, -0.05) is 13.3 Å². The van der Waals surface area contributed by atoms with Gasteiger partial charge in [0.05, 0.1) is 6.04 Å². The molecule has 0 aromatic carbocycles. The Morgan fingerprint density at radius 3 is 3.11 bits per heavy atom. The fraction of sp³-hybridized carbons (Fsp3) is 0.667. The molecule has 0 aromatic heterocycles. The van der Waals surface area contributed by atoms with E-state index in [-0.39, 0.29) is 12.1 Å². The molecule has 1 atom stereocenters. The summed E-state index contributed by atoms with van der Waals surface area (Å²) in [5.41, 5.74) is 0. The van der Waals surface area contributed by atoms with Crippen molar-refractivity contribution < 1.29 is 4.79 Å². The lowest BCUT2D eigenvalue weighted by Gasteiger charge is -2.02. The monoisotopic (exact) mass is 126 g/mol. The lowest BCUT2D eigenvalue weighted by Crippen LogP contribution is -2.26. The summed E-state index contributed by atoms with van der Waals surface area (Å²) in [6.07, 6.45) is 3.75. The van der Waals surface area contributed by atoms with Crippen LogP contribution in [-0.4, -0.2) is 18.3 Å². The van der Waals surface area contributed by atoms with Gasteiger partial charge in [-0.2, -0.15) is 0 Å². The number of amides is 2.